The van der Waals surface area contributed by atoms with Crippen molar-refractivity contribution >= 4 is 0 Å². The van der Waals surface area contributed by atoms with Gasteiger partial charge in [-0.3, -0.25) is 0 Å². The molecule has 0 saturated carbocycles. The van der Waals surface area contributed by atoms with Gasteiger partial charge in [0.05, 0.1) is 0 Å². The van der Waals surface area contributed by atoms with Gasteiger partial charge in [0.25, 0.3) is 0 Å². The lowest BCUT2D eigenvalue weighted by Crippen LogP contribution is -2.41. The number of rotatable bonds is 7. The van der Waals surface area contributed by atoms with Crippen LogP contribution in [0, 0.1) is 6.92 Å². The molecule has 21 heavy (non-hydrogen) atoms. The van der Waals surface area contributed by atoms with Crippen molar-refractivity contribution in [2.75, 3.05) is 6.54 Å². The zero-order valence-corrected chi connectivity index (χ0v) is 14.2. The maximum atomic E-state index is 6.28. The van der Waals surface area contributed by atoms with Crippen molar-refractivity contribution in [1.82, 2.24) is 5.32 Å². The van der Waals surface area contributed by atoms with Gasteiger partial charge in [0.2, 0.25) is 0 Å². The maximum absolute atomic E-state index is 6.28. The first-order chi connectivity index (χ1) is 10.1. The van der Waals surface area contributed by atoms with Crippen LogP contribution in [0.1, 0.15) is 76.5 Å². The Morgan fingerprint density at radius 1 is 1.24 bits per heavy atom. The number of unbranched alkanes of at least 4 members (excludes halogenated alkanes) is 3. The van der Waals surface area contributed by atoms with Gasteiger partial charge in [-0.05, 0) is 44.9 Å². The quantitative estimate of drug-likeness (QED) is 0.700. The molecule has 1 aliphatic heterocycles. The van der Waals surface area contributed by atoms with Gasteiger partial charge in [0.15, 0.2) is 0 Å². The molecule has 118 valence electrons. The molecule has 0 radical (unpaired) electrons. The minimum atomic E-state index is -0.0398. The van der Waals surface area contributed by atoms with Gasteiger partial charge < -0.3 is 10.1 Å². The fourth-order valence-electron chi connectivity index (χ4n) is 3.09. The molecule has 2 rings (SSSR count). The smallest absolute Gasteiger partial charge is 0.125 e. The lowest BCUT2D eigenvalue weighted by Gasteiger charge is -2.40. The van der Waals surface area contributed by atoms with E-state index in [4.69, 9.17) is 4.74 Å². The molecule has 2 atom stereocenters. The molecular weight excluding hydrogens is 258 g/mol. The van der Waals surface area contributed by atoms with Crippen molar-refractivity contribution in [1.29, 1.82) is 0 Å². The van der Waals surface area contributed by atoms with Gasteiger partial charge in [-0.15, -0.1) is 0 Å². The molecule has 1 aromatic rings. The summed E-state index contributed by atoms with van der Waals surface area (Å²) in [6.07, 6.45) is 7.36. The van der Waals surface area contributed by atoms with Gasteiger partial charge in [-0.25, -0.2) is 0 Å². The molecule has 0 aliphatic carbocycles. The van der Waals surface area contributed by atoms with Gasteiger partial charge in [-0.1, -0.05) is 45.2 Å². The highest BCUT2D eigenvalue weighted by atomic mass is 16.5. The molecule has 2 heteroatoms. The Kier molecular flexibility index (Phi) is 5.69. The third-order valence-corrected chi connectivity index (χ3v) is 4.71. The van der Waals surface area contributed by atoms with E-state index >= 15 is 0 Å². The number of fused-ring (bicyclic) bond motifs is 1. The lowest BCUT2D eigenvalue weighted by molar-refractivity contribution is 0.0442. The van der Waals surface area contributed by atoms with E-state index in [0.717, 1.165) is 25.1 Å². The van der Waals surface area contributed by atoms with Crippen molar-refractivity contribution in [3.05, 3.63) is 29.3 Å². The minimum Gasteiger partial charge on any atom is -0.487 e. The molecular formula is C19H31NO. The number of hydrogen-bond donors (Lipinski definition) is 1. The zero-order chi connectivity index (χ0) is 15.3. The van der Waals surface area contributed by atoms with Crippen LogP contribution in [0.4, 0.5) is 0 Å². The van der Waals surface area contributed by atoms with Crippen molar-refractivity contribution in [3.63, 3.8) is 0 Å². The summed E-state index contributed by atoms with van der Waals surface area (Å²) in [5, 5.41) is 3.77. The van der Waals surface area contributed by atoms with Crippen LogP contribution < -0.4 is 10.1 Å². The average Bonchev–Trinajstić information content (AvgIpc) is 2.46. The van der Waals surface area contributed by atoms with E-state index in [1.54, 1.807) is 0 Å². The standard InChI is InChI=1S/C19H31NO/c1-5-7-8-9-12-20-17-14-19(4,6-2)21-18-13-15(3)10-11-16(17)18/h10-11,13,17,20H,5-9,12,14H2,1-4H3. The molecule has 0 saturated heterocycles. The second kappa shape index (κ2) is 7.31. The Hall–Kier alpha value is -1.02. The maximum Gasteiger partial charge on any atom is 0.125 e. The van der Waals surface area contributed by atoms with Crippen LogP contribution in [0.25, 0.3) is 0 Å². The molecule has 1 aliphatic rings. The molecule has 0 aromatic heterocycles. The number of aryl methyl sites for hydroxylation is 1. The minimum absolute atomic E-state index is 0.0398. The third-order valence-electron chi connectivity index (χ3n) is 4.71. The summed E-state index contributed by atoms with van der Waals surface area (Å²) in [7, 11) is 0. The predicted molar refractivity (Wildman–Crippen MR) is 90.0 cm³/mol. The van der Waals surface area contributed by atoms with Crippen LogP contribution in [0.3, 0.4) is 0 Å². The monoisotopic (exact) mass is 289 g/mol. The highest BCUT2D eigenvalue weighted by Crippen LogP contribution is 2.41. The molecule has 0 fully saturated rings. The van der Waals surface area contributed by atoms with Crippen LogP contribution in [0.5, 0.6) is 5.75 Å². The van der Waals surface area contributed by atoms with Crippen molar-refractivity contribution in [2.24, 2.45) is 0 Å². The van der Waals surface area contributed by atoms with E-state index in [1.807, 2.05) is 0 Å². The Bertz CT molecular complexity index is 457. The van der Waals surface area contributed by atoms with Crippen LogP contribution in [0.15, 0.2) is 18.2 Å². The van der Waals surface area contributed by atoms with Crippen molar-refractivity contribution < 1.29 is 4.74 Å². The molecule has 2 nitrogen and oxygen atoms in total. The predicted octanol–water partition coefficient (Wildman–Crippen LogP) is 5.16. The summed E-state index contributed by atoms with van der Waals surface area (Å²) in [4.78, 5) is 0. The van der Waals surface area contributed by atoms with Gasteiger partial charge in [0.1, 0.15) is 11.4 Å². The van der Waals surface area contributed by atoms with E-state index in [-0.39, 0.29) is 5.60 Å². The van der Waals surface area contributed by atoms with Crippen LogP contribution >= 0.6 is 0 Å². The first-order valence-electron chi connectivity index (χ1n) is 8.61. The topological polar surface area (TPSA) is 21.3 Å². The highest BCUT2D eigenvalue weighted by molar-refractivity contribution is 5.41. The molecule has 1 heterocycles. The van der Waals surface area contributed by atoms with Gasteiger partial charge >= 0.3 is 0 Å². The Balaban J connectivity index is 2.06. The zero-order valence-electron chi connectivity index (χ0n) is 14.2. The molecule has 0 spiro atoms. The fraction of sp³-hybridized carbons (Fsp3) is 0.684. The summed E-state index contributed by atoms with van der Waals surface area (Å²) in [5.74, 6) is 1.08. The second-order valence-corrected chi connectivity index (χ2v) is 6.72. The summed E-state index contributed by atoms with van der Waals surface area (Å²) < 4.78 is 6.28. The normalized spacial score (nSPS) is 24.5. The number of ether oxygens (including phenoxy) is 1. The summed E-state index contributed by atoms with van der Waals surface area (Å²) in [6, 6.07) is 7.06. The van der Waals surface area contributed by atoms with E-state index in [2.05, 4.69) is 51.2 Å². The third kappa shape index (κ3) is 4.23. The van der Waals surface area contributed by atoms with Crippen LogP contribution in [-0.4, -0.2) is 12.1 Å². The Morgan fingerprint density at radius 3 is 2.76 bits per heavy atom. The van der Waals surface area contributed by atoms with E-state index in [1.165, 1.54) is 36.8 Å². The number of nitrogens with one attached hydrogen (secondary N) is 1. The molecule has 2 unspecified atom stereocenters. The largest absolute Gasteiger partial charge is 0.487 e. The number of benzene rings is 1. The van der Waals surface area contributed by atoms with E-state index in [9.17, 15) is 0 Å². The summed E-state index contributed by atoms with van der Waals surface area (Å²) in [5.41, 5.74) is 2.57. The lowest BCUT2D eigenvalue weighted by atomic mass is 9.86. The van der Waals surface area contributed by atoms with E-state index < -0.39 is 0 Å². The van der Waals surface area contributed by atoms with E-state index in [0.29, 0.717) is 6.04 Å². The second-order valence-electron chi connectivity index (χ2n) is 6.72. The van der Waals surface area contributed by atoms with Crippen LogP contribution in [0.2, 0.25) is 0 Å². The van der Waals surface area contributed by atoms with Crippen LogP contribution in [-0.2, 0) is 0 Å². The fourth-order valence-corrected chi connectivity index (χ4v) is 3.09. The Labute approximate surface area is 130 Å². The first kappa shape index (κ1) is 16.4. The number of hydrogen-bond acceptors (Lipinski definition) is 2. The molecule has 1 N–H and O–H groups in total. The van der Waals surface area contributed by atoms with Crippen molar-refractivity contribution in [3.8, 4) is 5.75 Å². The summed E-state index contributed by atoms with van der Waals surface area (Å²) >= 11 is 0. The molecule has 0 amide bonds. The Morgan fingerprint density at radius 2 is 2.05 bits per heavy atom. The average molecular weight is 289 g/mol. The summed E-state index contributed by atoms with van der Waals surface area (Å²) in [6.45, 7) is 9.97. The highest BCUT2D eigenvalue weighted by Gasteiger charge is 2.35. The van der Waals surface area contributed by atoms with Crippen molar-refractivity contribution in [2.45, 2.75) is 77.9 Å². The van der Waals surface area contributed by atoms with Gasteiger partial charge in [0, 0.05) is 18.0 Å². The first-order valence-corrected chi connectivity index (χ1v) is 8.61. The molecule has 1 aromatic carbocycles. The molecule has 0 bridgehead atoms. The SMILES string of the molecule is CCCCCCNC1CC(C)(CC)Oc2cc(C)ccc21. The van der Waals surface area contributed by atoms with Gasteiger partial charge in [-0.2, -0.15) is 0 Å².